The largest absolute Gasteiger partial charge is 0.361 e. The van der Waals surface area contributed by atoms with Crippen molar-refractivity contribution in [3.05, 3.63) is 114 Å². The van der Waals surface area contributed by atoms with Gasteiger partial charge >= 0.3 is 0 Å². The van der Waals surface area contributed by atoms with Crippen LogP contribution >= 0.6 is 0 Å². The van der Waals surface area contributed by atoms with Gasteiger partial charge < -0.3 is 5.32 Å². The molecule has 0 unspecified atom stereocenters. The molecule has 0 aliphatic heterocycles. The van der Waals surface area contributed by atoms with Crippen LogP contribution in [0.3, 0.4) is 0 Å². The molecule has 2 heteroatoms. The number of hydrogen-bond acceptors (Lipinski definition) is 2. The monoisotopic (exact) mass is 350 g/mol. The third-order valence-electron chi connectivity index (χ3n) is 4.68. The second-order valence-corrected chi connectivity index (χ2v) is 6.54. The van der Waals surface area contributed by atoms with Crippen LogP contribution in [0, 0.1) is 0 Å². The highest BCUT2D eigenvalue weighted by molar-refractivity contribution is 5.99. The first-order chi connectivity index (χ1) is 13.4. The average molecular weight is 350 g/mol. The number of nitrogens with zero attached hydrogens (tertiary/aromatic N) is 1. The number of anilines is 1. The maximum absolute atomic E-state index is 4.69. The number of aliphatic imine (C=N–C) groups is 1. The second kappa shape index (κ2) is 8.33. The number of nitrogens with one attached hydrogen (secondary N) is 1. The Balaban J connectivity index is 1.68. The molecule has 132 valence electrons. The van der Waals surface area contributed by atoms with Crippen molar-refractivity contribution in [3.63, 3.8) is 0 Å². The summed E-state index contributed by atoms with van der Waals surface area (Å²) in [6.07, 6.45) is 6.19. The minimum Gasteiger partial charge on any atom is -0.361 e. The highest BCUT2D eigenvalue weighted by Gasteiger charge is 2.20. The number of rotatable bonds is 5. The molecular weight excluding hydrogens is 328 g/mol. The van der Waals surface area contributed by atoms with Crippen LogP contribution in [0.25, 0.3) is 5.57 Å². The average Bonchev–Trinajstić information content (AvgIpc) is 3.16. The minimum absolute atomic E-state index is 0.984. The fourth-order valence-corrected chi connectivity index (χ4v) is 3.35. The molecule has 27 heavy (non-hydrogen) atoms. The SMILES string of the molecule is C(=Nc1ccccc1)C1=C(c2ccccc2)C(=CNc2ccccc2)CC1. The molecule has 0 saturated heterocycles. The van der Waals surface area contributed by atoms with Gasteiger partial charge in [0.05, 0.1) is 5.69 Å². The lowest BCUT2D eigenvalue weighted by Crippen LogP contribution is -1.93. The van der Waals surface area contributed by atoms with Crippen LogP contribution in [0.4, 0.5) is 11.4 Å². The van der Waals surface area contributed by atoms with Crippen molar-refractivity contribution < 1.29 is 0 Å². The lowest BCUT2D eigenvalue weighted by molar-refractivity contribution is 1.04. The molecule has 1 aliphatic rings. The fourth-order valence-electron chi connectivity index (χ4n) is 3.35. The first-order valence-corrected chi connectivity index (χ1v) is 9.29. The molecule has 0 heterocycles. The van der Waals surface area contributed by atoms with E-state index in [0.29, 0.717) is 0 Å². The van der Waals surface area contributed by atoms with Gasteiger partial charge in [0.2, 0.25) is 0 Å². The van der Waals surface area contributed by atoms with Crippen molar-refractivity contribution >= 4 is 23.2 Å². The molecule has 0 spiro atoms. The second-order valence-electron chi connectivity index (χ2n) is 6.54. The van der Waals surface area contributed by atoms with E-state index in [2.05, 4.69) is 59.0 Å². The predicted octanol–water partition coefficient (Wildman–Crippen LogP) is 6.63. The molecule has 0 aromatic heterocycles. The molecule has 0 saturated carbocycles. The molecule has 3 aromatic carbocycles. The molecule has 0 radical (unpaired) electrons. The third-order valence-corrected chi connectivity index (χ3v) is 4.68. The van der Waals surface area contributed by atoms with E-state index in [1.807, 2.05) is 54.7 Å². The molecule has 4 rings (SSSR count). The zero-order valence-electron chi connectivity index (χ0n) is 15.2. The van der Waals surface area contributed by atoms with Gasteiger partial charge in [0.1, 0.15) is 0 Å². The lowest BCUT2D eigenvalue weighted by atomic mass is 9.99. The number of para-hydroxylation sites is 2. The molecule has 0 bridgehead atoms. The maximum atomic E-state index is 4.69. The van der Waals surface area contributed by atoms with Gasteiger partial charge in [-0.25, -0.2) is 0 Å². The van der Waals surface area contributed by atoms with E-state index in [9.17, 15) is 0 Å². The Morgan fingerprint density at radius 3 is 2.04 bits per heavy atom. The van der Waals surface area contributed by atoms with Gasteiger partial charge in [0.25, 0.3) is 0 Å². The summed E-state index contributed by atoms with van der Waals surface area (Å²) in [6, 6.07) is 31.0. The van der Waals surface area contributed by atoms with E-state index in [1.54, 1.807) is 0 Å². The van der Waals surface area contributed by atoms with Crippen LogP contribution in [-0.4, -0.2) is 6.21 Å². The van der Waals surface area contributed by atoms with Crippen LogP contribution in [0.5, 0.6) is 0 Å². The summed E-state index contributed by atoms with van der Waals surface area (Å²) in [5, 5.41) is 3.44. The van der Waals surface area contributed by atoms with Crippen molar-refractivity contribution in [1.82, 2.24) is 0 Å². The molecule has 2 nitrogen and oxygen atoms in total. The van der Waals surface area contributed by atoms with Crippen molar-refractivity contribution in [2.24, 2.45) is 4.99 Å². The quantitative estimate of drug-likeness (QED) is 0.513. The standard InChI is InChI=1S/C25H22N2/c1-4-10-20(11-5-1)25-21(18-26-23-12-6-2-7-13-23)16-17-22(25)19-27-24-14-8-3-9-15-24/h1-15,18-19,26H,16-17H2. The number of allylic oxidation sites excluding steroid dienone is 3. The summed E-state index contributed by atoms with van der Waals surface area (Å²) < 4.78 is 0. The Labute approximate surface area is 160 Å². The topological polar surface area (TPSA) is 24.4 Å². The van der Waals surface area contributed by atoms with Crippen molar-refractivity contribution in [3.8, 4) is 0 Å². The number of hydrogen-bond donors (Lipinski definition) is 1. The van der Waals surface area contributed by atoms with Gasteiger partial charge in [-0.05, 0) is 59.4 Å². The summed E-state index contributed by atoms with van der Waals surface area (Å²) in [4.78, 5) is 4.69. The van der Waals surface area contributed by atoms with E-state index < -0.39 is 0 Å². The van der Waals surface area contributed by atoms with E-state index in [0.717, 1.165) is 24.2 Å². The van der Waals surface area contributed by atoms with Crippen molar-refractivity contribution in [1.29, 1.82) is 0 Å². The summed E-state index contributed by atoms with van der Waals surface area (Å²) >= 11 is 0. The molecule has 0 atom stereocenters. The fraction of sp³-hybridized carbons (Fsp3) is 0.0800. The van der Waals surface area contributed by atoms with E-state index in [4.69, 9.17) is 0 Å². The summed E-state index contributed by atoms with van der Waals surface area (Å²) in [5.74, 6) is 0. The van der Waals surface area contributed by atoms with Crippen LogP contribution in [0.2, 0.25) is 0 Å². The highest BCUT2D eigenvalue weighted by Crippen LogP contribution is 2.38. The molecule has 0 amide bonds. The Morgan fingerprint density at radius 2 is 1.33 bits per heavy atom. The molecular formula is C25H22N2. The van der Waals surface area contributed by atoms with Crippen LogP contribution in [-0.2, 0) is 0 Å². The van der Waals surface area contributed by atoms with Gasteiger partial charge in [0, 0.05) is 18.1 Å². The van der Waals surface area contributed by atoms with Gasteiger partial charge in [-0.1, -0.05) is 66.7 Å². The molecule has 1 aliphatic carbocycles. The third kappa shape index (κ3) is 4.24. The van der Waals surface area contributed by atoms with Crippen LogP contribution in [0.1, 0.15) is 18.4 Å². The Morgan fingerprint density at radius 1 is 0.704 bits per heavy atom. The van der Waals surface area contributed by atoms with Gasteiger partial charge in [-0.15, -0.1) is 0 Å². The van der Waals surface area contributed by atoms with E-state index in [1.165, 1.54) is 22.3 Å². The summed E-state index contributed by atoms with van der Waals surface area (Å²) in [6.45, 7) is 0. The molecule has 3 aromatic rings. The Hall–Kier alpha value is -3.39. The van der Waals surface area contributed by atoms with E-state index in [-0.39, 0.29) is 0 Å². The first-order valence-electron chi connectivity index (χ1n) is 9.29. The normalized spacial score (nSPS) is 15.6. The van der Waals surface area contributed by atoms with Gasteiger partial charge in [-0.2, -0.15) is 0 Å². The smallest absolute Gasteiger partial charge is 0.0629 e. The predicted molar refractivity (Wildman–Crippen MR) is 115 cm³/mol. The Bertz CT molecular complexity index is 969. The zero-order chi connectivity index (χ0) is 18.3. The van der Waals surface area contributed by atoms with E-state index >= 15 is 0 Å². The Kier molecular flexibility index (Phi) is 5.26. The molecule has 1 N–H and O–H groups in total. The first kappa shape index (κ1) is 17.0. The number of benzene rings is 3. The molecule has 0 fully saturated rings. The van der Waals surface area contributed by atoms with Crippen molar-refractivity contribution in [2.45, 2.75) is 12.8 Å². The summed E-state index contributed by atoms with van der Waals surface area (Å²) in [7, 11) is 0. The van der Waals surface area contributed by atoms with Crippen LogP contribution < -0.4 is 5.32 Å². The zero-order valence-corrected chi connectivity index (χ0v) is 15.2. The maximum Gasteiger partial charge on any atom is 0.0629 e. The van der Waals surface area contributed by atoms with Crippen molar-refractivity contribution in [2.75, 3.05) is 5.32 Å². The van der Waals surface area contributed by atoms with Crippen LogP contribution in [0.15, 0.2) is 113 Å². The van der Waals surface area contributed by atoms with Gasteiger partial charge in [0.15, 0.2) is 0 Å². The summed E-state index contributed by atoms with van der Waals surface area (Å²) in [5.41, 5.74) is 7.22. The lowest BCUT2D eigenvalue weighted by Gasteiger charge is -2.09. The van der Waals surface area contributed by atoms with Gasteiger partial charge in [-0.3, -0.25) is 4.99 Å². The highest BCUT2D eigenvalue weighted by atomic mass is 14.8. The minimum atomic E-state index is 0.984.